The lowest BCUT2D eigenvalue weighted by molar-refractivity contribution is -0.120. The monoisotopic (exact) mass is 252 g/mol. The summed E-state index contributed by atoms with van der Waals surface area (Å²) in [6, 6.07) is 0. The van der Waals surface area contributed by atoms with Gasteiger partial charge in [-0.25, -0.2) is 0 Å². The third-order valence-corrected chi connectivity index (χ3v) is 3.08. The van der Waals surface area contributed by atoms with Crippen LogP contribution < -0.4 is 5.32 Å². The summed E-state index contributed by atoms with van der Waals surface area (Å²) in [6.45, 7) is 6.82. The predicted octanol–water partition coefficient (Wildman–Crippen LogP) is 1.17. The van der Waals surface area contributed by atoms with E-state index in [1.54, 1.807) is 7.05 Å². The summed E-state index contributed by atoms with van der Waals surface area (Å²) in [7, 11) is 3.70. The highest BCUT2D eigenvalue weighted by Crippen LogP contribution is 2.10. The average molecular weight is 252 g/mol. The van der Waals surface area contributed by atoms with Gasteiger partial charge in [-0.05, 0) is 20.4 Å². The highest BCUT2D eigenvalue weighted by molar-refractivity contribution is 5.75. The molecule has 0 aromatic carbocycles. The van der Waals surface area contributed by atoms with E-state index in [1.165, 1.54) is 11.3 Å². The van der Waals surface area contributed by atoms with Gasteiger partial charge in [0, 0.05) is 44.4 Å². The number of carbonyl (C=O) groups excluding carboxylic acids is 1. The first-order chi connectivity index (χ1) is 8.58. The number of carbonyl (C=O) groups is 1. The van der Waals surface area contributed by atoms with E-state index < -0.39 is 0 Å². The summed E-state index contributed by atoms with van der Waals surface area (Å²) >= 11 is 0. The van der Waals surface area contributed by atoms with Crippen LogP contribution in [0.15, 0.2) is 6.20 Å². The van der Waals surface area contributed by atoms with Crippen molar-refractivity contribution in [3.8, 4) is 0 Å². The van der Waals surface area contributed by atoms with Crippen LogP contribution in [0.5, 0.6) is 0 Å². The molecule has 0 unspecified atom stereocenters. The van der Waals surface area contributed by atoms with Crippen molar-refractivity contribution >= 4 is 5.91 Å². The van der Waals surface area contributed by atoms with Gasteiger partial charge in [0.1, 0.15) is 0 Å². The minimum atomic E-state index is 0.0836. The summed E-state index contributed by atoms with van der Waals surface area (Å²) in [6.07, 6.45) is 3.56. The van der Waals surface area contributed by atoms with Gasteiger partial charge in [-0.3, -0.25) is 9.48 Å². The average Bonchev–Trinajstić information content (AvgIpc) is 2.69. The lowest BCUT2D eigenvalue weighted by atomic mass is 10.2. The second-order valence-electron chi connectivity index (χ2n) is 4.64. The molecule has 1 heterocycles. The van der Waals surface area contributed by atoms with E-state index in [0.29, 0.717) is 6.42 Å². The first-order valence-electron chi connectivity index (χ1n) is 6.48. The van der Waals surface area contributed by atoms with Crippen molar-refractivity contribution in [3.63, 3.8) is 0 Å². The summed E-state index contributed by atoms with van der Waals surface area (Å²) in [5.41, 5.74) is 2.46. The summed E-state index contributed by atoms with van der Waals surface area (Å²) in [5.74, 6) is 0.0836. The number of nitrogens with one attached hydrogen (secondary N) is 1. The zero-order valence-electron chi connectivity index (χ0n) is 11.9. The molecule has 0 bridgehead atoms. The number of rotatable bonds is 7. The molecule has 5 nitrogen and oxygen atoms in total. The maximum Gasteiger partial charge on any atom is 0.221 e. The molecule has 1 amide bonds. The molecule has 0 aliphatic rings. The molecule has 1 N–H and O–H groups in total. The molecule has 0 radical (unpaired) electrons. The van der Waals surface area contributed by atoms with E-state index in [4.69, 9.17) is 0 Å². The Labute approximate surface area is 109 Å². The van der Waals surface area contributed by atoms with Crippen LogP contribution in [0.4, 0.5) is 0 Å². The fourth-order valence-corrected chi connectivity index (χ4v) is 1.86. The van der Waals surface area contributed by atoms with Crippen LogP contribution >= 0.6 is 0 Å². The highest BCUT2D eigenvalue weighted by atomic mass is 16.1. The molecule has 0 fully saturated rings. The molecule has 0 saturated heterocycles. The number of hydrogen-bond donors (Lipinski definition) is 1. The van der Waals surface area contributed by atoms with Crippen molar-refractivity contribution in [2.45, 2.75) is 39.8 Å². The number of nitrogens with zero attached hydrogens (tertiary/aromatic N) is 3. The maximum atomic E-state index is 11.2. The first-order valence-corrected chi connectivity index (χ1v) is 6.48. The van der Waals surface area contributed by atoms with Gasteiger partial charge in [-0.1, -0.05) is 6.92 Å². The van der Waals surface area contributed by atoms with Crippen molar-refractivity contribution in [2.24, 2.45) is 0 Å². The van der Waals surface area contributed by atoms with Crippen molar-refractivity contribution < 1.29 is 4.79 Å². The Hall–Kier alpha value is -1.36. The molecular formula is C13H24N4O. The van der Waals surface area contributed by atoms with Crippen molar-refractivity contribution in [3.05, 3.63) is 17.5 Å². The van der Waals surface area contributed by atoms with Gasteiger partial charge in [0.25, 0.3) is 0 Å². The van der Waals surface area contributed by atoms with Crippen LogP contribution in [0.3, 0.4) is 0 Å². The van der Waals surface area contributed by atoms with Crippen molar-refractivity contribution in [2.75, 3.05) is 20.6 Å². The molecule has 0 atom stereocenters. The number of hydrogen-bond acceptors (Lipinski definition) is 3. The molecule has 1 rings (SSSR count). The molecule has 18 heavy (non-hydrogen) atoms. The van der Waals surface area contributed by atoms with E-state index >= 15 is 0 Å². The van der Waals surface area contributed by atoms with Gasteiger partial charge in [-0.15, -0.1) is 0 Å². The normalized spacial score (nSPS) is 10.9. The van der Waals surface area contributed by atoms with Crippen molar-refractivity contribution in [1.82, 2.24) is 20.0 Å². The molecule has 0 saturated carbocycles. The van der Waals surface area contributed by atoms with Gasteiger partial charge in [0.15, 0.2) is 0 Å². The van der Waals surface area contributed by atoms with Crippen LogP contribution in [0.25, 0.3) is 0 Å². The fourth-order valence-electron chi connectivity index (χ4n) is 1.86. The number of aromatic nitrogens is 2. The van der Waals surface area contributed by atoms with Crippen LogP contribution in [0, 0.1) is 6.92 Å². The van der Waals surface area contributed by atoms with Crippen molar-refractivity contribution in [1.29, 1.82) is 0 Å². The molecule has 5 heteroatoms. The third kappa shape index (κ3) is 4.14. The number of amides is 1. The lowest BCUT2D eigenvalue weighted by Crippen LogP contribution is -2.26. The van der Waals surface area contributed by atoms with Crippen LogP contribution in [-0.2, 0) is 17.9 Å². The van der Waals surface area contributed by atoms with E-state index in [9.17, 15) is 4.79 Å². The van der Waals surface area contributed by atoms with Gasteiger partial charge in [-0.2, -0.15) is 5.10 Å². The van der Waals surface area contributed by atoms with Gasteiger partial charge < -0.3 is 10.2 Å². The maximum absolute atomic E-state index is 11.2. The second-order valence-corrected chi connectivity index (χ2v) is 4.64. The van der Waals surface area contributed by atoms with E-state index in [-0.39, 0.29) is 5.91 Å². The minimum Gasteiger partial charge on any atom is -0.359 e. The first kappa shape index (κ1) is 14.7. The predicted molar refractivity (Wildman–Crippen MR) is 72.3 cm³/mol. The third-order valence-electron chi connectivity index (χ3n) is 3.08. The molecular weight excluding hydrogens is 228 g/mol. The van der Waals surface area contributed by atoms with Crippen LogP contribution in [0.2, 0.25) is 0 Å². The van der Waals surface area contributed by atoms with E-state index in [1.807, 2.05) is 17.9 Å². The minimum absolute atomic E-state index is 0.0836. The van der Waals surface area contributed by atoms with Gasteiger partial charge in [0.2, 0.25) is 5.91 Å². The summed E-state index contributed by atoms with van der Waals surface area (Å²) in [4.78, 5) is 13.3. The zero-order valence-corrected chi connectivity index (χ0v) is 11.9. The van der Waals surface area contributed by atoms with Gasteiger partial charge in [0.05, 0.1) is 6.20 Å². The largest absolute Gasteiger partial charge is 0.359 e. The Kier molecular flexibility index (Phi) is 5.85. The Morgan fingerprint density at radius 3 is 2.89 bits per heavy atom. The zero-order chi connectivity index (χ0) is 13.5. The highest BCUT2D eigenvalue weighted by Gasteiger charge is 2.09. The SMILES string of the molecule is CCCn1ncc(CN(C)CCC(=O)NC)c1C. The topological polar surface area (TPSA) is 50.2 Å². The Balaban J connectivity index is 2.48. The quantitative estimate of drug-likeness (QED) is 0.792. The van der Waals surface area contributed by atoms with Crippen LogP contribution in [-0.4, -0.2) is 41.2 Å². The lowest BCUT2D eigenvalue weighted by Gasteiger charge is -2.15. The summed E-state index contributed by atoms with van der Waals surface area (Å²) in [5, 5.41) is 7.02. The fraction of sp³-hybridized carbons (Fsp3) is 0.692. The molecule has 0 aliphatic heterocycles. The molecule has 1 aromatic heterocycles. The van der Waals surface area contributed by atoms with E-state index in [0.717, 1.165) is 26.1 Å². The van der Waals surface area contributed by atoms with Gasteiger partial charge >= 0.3 is 0 Å². The molecule has 0 spiro atoms. The Morgan fingerprint density at radius 2 is 2.28 bits per heavy atom. The Bertz CT molecular complexity index is 386. The molecule has 1 aromatic rings. The second kappa shape index (κ2) is 7.16. The Morgan fingerprint density at radius 1 is 1.56 bits per heavy atom. The summed E-state index contributed by atoms with van der Waals surface area (Å²) < 4.78 is 2.04. The molecule has 102 valence electrons. The standard InChI is InChI=1S/C13H24N4O/c1-5-7-17-11(2)12(9-15-17)10-16(4)8-6-13(18)14-3/h9H,5-8,10H2,1-4H3,(H,14,18). The smallest absolute Gasteiger partial charge is 0.221 e. The van der Waals surface area contributed by atoms with E-state index in [2.05, 4.69) is 29.2 Å². The molecule has 0 aliphatic carbocycles. The number of aryl methyl sites for hydroxylation is 1. The van der Waals surface area contributed by atoms with Crippen LogP contribution in [0.1, 0.15) is 31.0 Å².